The lowest BCUT2D eigenvalue weighted by molar-refractivity contribution is -0.119. The SMILES string of the molecule is C=C1Nc2nnnn2C(c2cccc(OC)c2)C1C(=O)Nc1ccc(C)cc1C. The Hall–Kier alpha value is -3.68. The van der Waals surface area contributed by atoms with Crippen LogP contribution in [-0.2, 0) is 4.79 Å². The van der Waals surface area contributed by atoms with Gasteiger partial charge in [-0.1, -0.05) is 41.5 Å². The van der Waals surface area contributed by atoms with Gasteiger partial charge in [-0.15, -0.1) is 0 Å². The van der Waals surface area contributed by atoms with E-state index in [4.69, 9.17) is 4.74 Å². The third-order valence-electron chi connectivity index (χ3n) is 5.08. The molecule has 0 spiro atoms. The molecule has 0 radical (unpaired) electrons. The second-order valence-electron chi connectivity index (χ2n) is 7.10. The Bertz CT molecular complexity index is 1090. The molecule has 1 aromatic heterocycles. The molecule has 0 bridgehead atoms. The summed E-state index contributed by atoms with van der Waals surface area (Å²) in [5.41, 5.74) is 4.27. The van der Waals surface area contributed by atoms with Gasteiger partial charge in [-0.25, -0.2) is 4.68 Å². The Morgan fingerprint density at radius 3 is 2.83 bits per heavy atom. The molecule has 148 valence electrons. The maximum atomic E-state index is 13.4. The van der Waals surface area contributed by atoms with Crippen LogP contribution in [0.5, 0.6) is 5.75 Å². The Morgan fingerprint density at radius 2 is 2.07 bits per heavy atom. The van der Waals surface area contributed by atoms with Crippen molar-refractivity contribution in [2.75, 3.05) is 17.7 Å². The summed E-state index contributed by atoms with van der Waals surface area (Å²) in [5, 5.41) is 17.9. The van der Waals surface area contributed by atoms with Crippen LogP contribution < -0.4 is 15.4 Å². The van der Waals surface area contributed by atoms with Crippen LogP contribution >= 0.6 is 0 Å². The molecular weight excluding hydrogens is 368 g/mol. The molecule has 29 heavy (non-hydrogen) atoms. The maximum absolute atomic E-state index is 13.4. The van der Waals surface area contributed by atoms with Crippen molar-refractivity contribution in [1.82, 2.24) is 20.2 Å². The van der Waals surface area contributed by atoms with Gasteiger partial charge in [0, 0.05) is 11.4 Å². The molecule has 1 aliphatic rings. The van der Waals surface area contributed by atoms with Gasteiger partial charge in [0.25, 0.3) is 0 Å². The van der Waals surface area contributed by atoms with Gasteiger partial charge in [0.15, 0.2) is 0 Å². The van der Waals surface area contributed by atoms with E-state index in [9.17, 15) is 4.79 Å². The Labute approximate surface area is 168 Å². The number of benzene rings is 2. The third-order valence-corrected chi connectivity index (χ3v) is 5.08. The monoisotopic (exact) mass is 390 g/mol. The molecule has 8 heteroatoms. The smallest absolute Gasteiger partial charge is 0.247 e. The van der Waals surface area contributed by atoms with Crippen molar-refractivity contribution in [3.63, 3.8) is 0 Å². The predicted molar refractivity (Wildman–Crippen MR) is 110 cm³/mol. The zero-order valence-electron chi connectivity index (χ0n) is 16.5. The van der Waals surface area contributed by atoms with E-state index in [-0.39, 0.29) is 5.91 Å². The number of hydrogen-bond acceptors (Lipinski definition) is 6. The highest BCUT2D eigenvalue weighted by Crippen LogP contribution is 2.38. The standard InChI is InChI=1S/C21H22N6O2/c1-12-8-9-17(13(2)10-12)23-20(28)18-14(3)22-21-24-25-26-27(21)19(18)15-6-5-7-16(11-15)29-4/h5-11,18-19H,3H2,1-2,4H3,(H,23,28)(H,22,24,26). The van der Waals surface area contributed by atoms with Crippen molar-refractivity contribution in [3.05, 3.63) is 71.4 Å². The molecule has 0 saturated carbocycles. The van der Waals surface area contributed by atoms with Gasteiger partial charge < -0.3 is 15.4 Å². The van der Waals surface area contributed by atoms with E-state index in [1.165, 1.54) is 0 Å². The summed E-state index contributed by atoms with van der Waals surface area (Å²) in [6, 6.07) is 13.0. The summed E-state index contributed by atoms with van der Waals surface area (Å²) in [7, 11) is 1.60. The molecule has 0 aliphatic carbocycles. The number of hydrogen-bond donors (Lipinski definition) is 2. The van der Waals surface area contributed by atoms with E-state index in [0.717, 1.165) is 22.4 Å². The molecule has 2 atom stereocenters. The first-order valence-electron chi connectivity index (χ1n) is 9.23. The zero-order valence-corrected chi connectivity index (χ0v) is 16.5. The van der Waals surface area contributed by atoms with Crippen molar-refractivity contribution >= 4 is 17.5 Å². The highest BCUT2D eigenvalue weighted by atomic mass is 16.5. The molecule has 0 fully saturated rings. The molecule has 1 aliphatic heterocycles. The van der Waals surface area contributed by atoms with Gasteiger partial charge in [0.2, 0.25) is 11.9 Å². The largest absolute Gasteiger partial charge is 0.497 e. The summed E-state index contributed by atoms with van der Waals surface area (Å²) in [6.45, 7) is 8.06. The number of rotatable bonds is 4. The number of fused-ring (bicyclic) bond motifs is 1. The minimum absolute atomic E-state index is 0.191. The number of ether oxygens (including phenoxy) is 1. The molecule has 4 rings (SSSR count). The average molecular weight is 390 g/mol. The summed E-state index contributed by atoms with van der Waals surface area (Å²) >= 11 is 0. The summed E-state index contributed by atoms with van der Waals surface area (Å²) in [4.78, 5) is 13.4. The third kappa shape index (κ3) is 3.44. The fraction of sp³-hybridized carbons (Fsp3) is 0.238. The van der Waals surface area contributed by atoms with Crippen LogP contribution in [0.1, 0.15) is 22.7 Å². The number of methoxy groups -OCH3 is 1. The van der Waals surface area contributed by atoms with Crippen LogP contribution in [0, 0.1) is 19.8 Å². The van der Waals surface area contributed by atoms with Crippen molar-refractivity contribution in [2.24, 2.45) is 5.92 Å². The van der Waals surface area contributed by atoms with Crippen LogP contribution in [0.25, 0.3) is 0 Å². The van der Waals surface area contributed by atoms with Crippen molar-refractivity contribution in [3.8, 4) is 5.75 Å². The second-order valence-corrected chi connectivity index (χ2v) is 7.10. The molecule has 1 amide bonds. The summed E-state index contributed by atoms with van der Waals surface area (Å²) in [5.74, 6) is 0.315. The Kier molecular flexibility index (Phi) is 4.75. The fourth-order valence-electron chi connectivity index (χ4n) is 3.64. The van der Waals surface area contributed by atoms with Gasteiger partial charge in [-0.3, -0.25) is 4.79 Å². The molecule has 2 N–H and O–H groups in total. The number of nitrogens with zero attached hydrogens (tertiary/aromatic N) is 4. The van der Waals surface area contributed by atoms with Crippen LogP contribution in [0.4, 0.5) is 11.6 Å². The number of carbonyl (C=O) groups excluding carboxylic acids is 1. The minimum Gasteiger partial charge on any atom is -0.497 e. The topological polar surface area (TPSA) is 94.0 Å². The predicted octanol–water partition coefficient (Wildman–Crippen LogP) is 3.08. The lowest BCUT2D eigenvalue weighted by atomic mass is 9.88. The first-order valence-corrected chi connectivity index (χ1v) is 9.23. The van der Waals surface area contributed by atoms with Crippen molar-refractivity contribution < 1.29 is 9.53 Å². The molecule has 8 nitrogen and oxygen atoms in total. The van der Waals surface area contributed by atoms with E-state index in [1.807, 2.05) is 56.3 Å². The number of anilines is 2. The summed E-state index contributed by atoms with van der Waals surface area (Å²) in [6.07, 6.45) is 0. The highest BCUT2D eigenvalue weighted by Gasteiger charge is 2.40. The molecule has 3 aromatic rings. The summed E-state index contributed by atoms with van der Waals surface area (Å²) < 4.78 is 6.97. The average Bonchev–Trinajstić information content (AvgIpc) is 3.17. The first kappa shape index (κ1) is 18.7. The van der Waals surface area contributed by atoms with Crippen LogP contribution in [0.15, 0.2) is 54.7 Å². The van der Waals surface area contributed by atoms with Crippen LogP contribution in [0.2, 0.25) is 0 Å². The first-order chi connectivity index (χ1) is 14.0. The number of carbonyl (C=O) groups is 1. The number of tetrazole rings is 1. The van der Waals surface area contributed by atoms with E-state index >= 15 is 0 Å². The lowest BCUT2D eigenvalue weighted by Crippen LogP contribution is -2.39. The van der Waals surface area contributed by atoms with Gasteiger partial charge in [-0.2, -0.15) is 0 Å². The molecule has 0 saturated heterocycles. The fourth-order valence-corrected chi connectivity index (χ4v) is 3.64. The molecular formula is C21H22N6O2. The lowest BCUT2D eigenvalue weighted by Gasteiger charge is -2.33. The Balaban J connectivity index is 1.74. The molecule has 2 aromatic carbocycles. The maximum Gasteiger partial charge on any atom is 0.247 e. The zero-order chi connectivity index (χ0) is 20.5. The number of nitrogens with one attached hydrogen (secondary N) is 2. The van der Waals surface area contributed by atoms with Crippen molar-refractivity contribution in [2.45, 2.75) is 19.9 Å². The normalized spacial score (nSPS) is 18.0. The van der Waals surface area contributed by atoms with Gasteiger partial charge in [0.1, 0.15) is 11.7 Å². The van der Waals surface area contributed by atoms with E-state index < -0.39 is 12.0 Å². The van der Waals surface area contributed by atoms with Crippen LogP contribution in [0.3, 0.4) is 0 Å². The van der Waals surface area contributed by atoms with E-state index in [1.54, 1.807) is 11.8 Å². The van der Waals surface area contributed by atoms with E-state index in [0.29, 0.717) is 17.4 Å². The van der Waals surface area contributed by atoms with Gasteiger partial charge in [-0.05, 0) is 53.6 Å². The highest BCUT2D eigenvalue weighted by molar-refractivity contribution is 5.96. The Morgan fingerprint density at radius 1 is 1.24 bits per heavy atom. The van der Waals surface area contributed by atoms with E-state index in [2.05, 4.69) is 32.7 Å². The van der Waals surface area contributed by atoms with Gasteiger partial charge in [0.05, 0.1) is 13.2 Å². The minimum atomic E-state index is -0.626. The molecule has 2 heterocycles. The quantitative estimate of drug-likeness (QED) is 0.711. The van der Waals surface area contributed by atoms with Crippen LogP contribution in [-0.4, -0.2) is 33.2 Å². The second kappa shape index (κ2) is 7.38. The number of aryl methyl sites for hydroxylation is 2. The number of aromatic nitrogens is 4. The van der Waals surface area contributed by atoms with Crippen molar-refractivity contribution in [1.29, 1.82) is 0 Å². The molecule has 2 unspecified atom stereocenters. The van der Waals surface area contributed by atoms with Gasteiger partial charge >= 0.3 is 0 Å². The number of amides is 1.